The predicted octanol–water partition coefficient (Wildman–Crippen LogP) is 2.69. The summed E-state index contributed by atoms with van der Waals surface area (Å²) in [6, 6.07) is 6.02. The van der Waals surface area contributed by atoms with Crippen LogP contribution in [0.5, 0.6) is 0 Å². The Morgan fingerprint density at radius 1 is 1.04 bits per heavy atom. The maximum atomic E-state index is 12.8. The Bertz CT molecular complexity index is 1040. The minimum Gasteiger partial charge on any atom is -0.309 e. The Morgan fingerprint density at radius 3 is 2.50 bits per heavy atom. The molecule has 0 saturated heterocycles. The first-order valence-electron chi connectivity index (χ1n) is 6.69. The molecule has 0 bridgehead atoms. The summed E-state index contributed by atoms with van der Waals surface area (Å²) in [6.07, 6.45) is -2.31. The summed E-state index contributed by atoms with van der Waals surface area (Å²) >= 11 is 3.24. The molecule has 0 saturated carbocycles. The van der Waals surface area contributed by atoms with E-state index in [1.54, 1.807) is 12.1 Å². The largest absolute Gasteiger partial charge is 0.417 e. The number of fused-ring (bicyclic) bond motifs is 1. The molecule has 3 aromatic rings. The molecule has 24 heavy (non-hydrogen) atoms. The molecule has 5 nitrogen and oxygen atoms in total. The number of rotatable bonds is 2. The van der Waals surface area contributed by atoms with Gasteiger partial charge in [-0.1, -0.05) is 0 Å². The van der Waals surface area contributed by atoms with Crippen LogP contribution >= 0.6 is 15.9 Å². The molecule has 0 atom stereocenters. The van der Waals surface area contributed by atoms with Crippen molar-refractivity contribution >= 4 is 21.6 Å². The molecular weight excluding hydrogens is 391 g/mol. The summed E-state index contributed by atoms with van der Waals surface area (Å²) in [5, 5.41) is 0. The molecule has 124 valence electrons. The van der Waals surface area contributed by atoms with E-state index in [-0.39, 0.29) is 12.2 Å². The Labute approximate surface area is 141 Å². The zero-order valence-electron chi connectivity index (χ0n) is 11.9. The van der Waals surface area contributed by atoms with Crippen LogP contribution < -0.4 is 11.1 Å². The van der Waals surface area contributed by atoms with Gasteiger partial charge in [0.15, 0.2) is 0 Å². The number of hydrogen-bond acceptors (Lipinski definition) is 3. The molecule has 3 rings (SSSR count). The van der Waals surface area contributed by atoms with E-state index in [1.165, 1.54) is 16.7 Å². The molecule has 0 radical (unpaired) electrons. The summed E-state index contributed by atoms with van der Waals surface area (Å²) in [4.78, 5) is 28.1. The standard InChI is InChI=1S/C15H9BrF3N3O2/c16-10-2-3-12-20-11(5-14(24)22(12)7-10)8-21-6-9(15(17,18)19)1-4-13(21)23/h1-7H,8H2. The van der Waals surface area contributed by atoms with E-state index in [2.05, 4.69) is 20.9 Å². The van der Waals surface area contributed by atoms with Gasteiger partial charge in [0.25, 0.3) is 11.1 Å². The highest BCUT2D eigenvalue weighted by Gasteiger charge is 2.31. The Balaban J connectivity index is 2.06. The van der Waals surface area contributed by atoms with Crippen molar-refractivity contribution in [3.8, 4) is 0 Å². The van der Waals surface area contributed by atoms with Gasteiger partial charge in [0, 0.05) is 29.0 Å². The molecule has 0 unspecified atom stereocenters. The van der Waals surface area contributed by atoms with Crippen molar-refractivity contribution in [2.24, 2.45) is 0 Å². The van der Waals surface area contributed by atoms with Crippen molar-refractivity contribution in [1.29, 1.82) is 0 Å². The minimum atomic E-state index is -4.56. The van der Waals surface area contributed by atoms with Gasteiger partial charge in [0.1, 0.15) is 5.65 Å². The maximum absolute atomic E-state index is 12.8. The van der Waals surface area contributed by atoms with Gasteiger partial charge in [-0.25, -0.2) is 4.98 Å². The summed E-state index contributed by atoms with van der Waals surface area (Å²) in [5.41, 5.74) is -1.41. The number of nitrogens with zero attached hydrogens (tertiary/aromatic N) is 3. The van der Waals surface area contributed by atoms with Crippen LogP contribution in [0.3, 0.4) is 0 Å². The van der Waals surface area contributed by atoms with Crippen LogP contribution in [0.2, 0.25) is 0 Å². The quantitative estimate of drug-likeness (QED) is 0.665. The number of hydrogen-bond donors (Lipinski definition) is 0. The second-order valence-electron chi connectivity index (χ2n) is 5.04. The Kier molecular flexibility index (Phi) is 4.04. The number of aromatic nitrogens is 3. The van der Waals surface area contributed by atoms with Crippen molar-refractivity contribution in [3.05, 3.63) is 79.2 Å². The van der Waals surface area contributed by atoms with Gasteiger partial charge in [-0.05, 0) is 34.1 Å². The van der Waals surface area contributed by atoms with Gasteiger partial charge >= 0.3 is 6.18 Å². The van der Waals surface area contributed by atoms with Crippen molar-refractivity contribution in [2.75, 3.05) is 0 Å². The van der Waals surface area contributed by atoms with Crippen LogP contribution in [0.1, 0.15) is 11.3 Å². The lowest BCUT2D eigenvalue weighted by Crippen LogP contribution is -2.24. The third-order valence-corrected chi connectivity index (χ3v) is 3.79. The van der Waals surface area contributed by atoms with E-state index in [9.17, 15) is 22.8 Å². The second-order valence-corrected chi connectivity index (χ2v) is 5.96. The Morgan fingerprint density at radius 2 is 1.79 bits per heavy atom. The lowest BCUT2D eigenvalue weighted by Gasteiger charge is -2.11. The predicted molar refractivity (Wildman–Crippen MR) is 84.0 cm³/mol. The van der Waals surface area contributed by atoms with E-state index in [1.807, 2.05) is 0 Å². The first-order valence-corrected chi connectivity index (χ1v) is 7.49. The number of alkyl halides is 3. The zero-order valence-corrected chi connectivity index (χ0v) is 13.5. The molecule has 0 N–H and O–H groups in total. The smallest absolute Gasteiger partial charge is 0.309 e. The molecule has 0 fully saturated rings. The van der Waals surface area contributed by atoms with Gasteiger partial charge in [0.05, 0.1) is 17.8 Å². The average molecular weight is 400 g/mol. The third kappa shape index (κ3) is 3.25. The van der Waals surface area contributed by atoms with Crippen molar-refractivity contribution in [3.63, 3.8) is 0 Å². The summed E-state index contributed by atoms with van der Waals surface area (Å²) in [5.74, 6) is 0. The fourth-order valence-corrected chi connectivity index (χ4v) is 2.54. The molecule has 0 spiro atoms. The van der Waals surface area contributed by atoms with E-state index in [0.29, 0.717) is 16.3 Å². The maximum Gasteiger partial charge on any atom is 0.417 e. The molecular formula is C15H9BrF3N3O2. The average Bonchev–Trinajstić information content (AvgIpc) is 2.49. The van der Waals surface area contributed by atoms with Crippen molar-refractivity contribution in [2.45, 2.75) is 12.7 Å². The molecule has 3 heterocycles. The molecule has 9 heteroatoms. The highest BCUT2D eigenvalue weighted by molar-refractivity contribution is 9.10. The van der Waals surface area contributed by atoms with Gasteiger partial charge in [-0.15, -0.1) is 0 Å². The topological polar surface area (TPSA) is 56.4 Å². The summed E-state index contributed by atoms with van der Waals surface area (Å²) in [7, 11) is 0. The fourth-order valence-electron chi connectivity index (χ4n) is 2.20. The van der Waals surface area contributed by atoms with Crippen LogP contribution in [0.25, 0.3) is 5.65 Å². The van der Waals surface area contributed by atoms with Gasteiger partial charge < -0.3 is 4.57 Å². The first kappa shape index (κ1) is 16.4. The fraction of sp³-hybridized carbons (Fsp3) is 0.133. The van der Waals surface area contributed by atoms with Crippen LogP contribution in [-0.4, -0.2) is 14.0 Å². The van der Waals surface area contributed by atoms with E-state index in [4.69, 9.17) is 0 Å². The summed E-state index contributed by atoms with van der Waals surface area (Å²) < 4.78 is 41.1. The van der Waals surface area contributed by atoms with Crippen LogP contribution in [0, 0.1) is 0 Å². The third-order valence-electron chi connectivity index (χ3n) is 3.32. The molecule has 0 aromatic carbocycles. The summed E-state index contributed by atoms with van der Waals surface area (Å²) in [6.45, 7) is -0.232. The molecule has 0 amide bonds. The van der Waals surface area contributed by atoms with Gasteiger partial charge in [-0.2, -0.15) is 13.2 Å². The van der Waals surface area contributed by atoms with Crippen LogP contribution in [-0.2, 0) is 12.7 Å². The highest BCUT2D eigenvalue weighted by atomic mass is 79.9. The van der Waals surface area contributed by atoms with Gasteiger partial charge in [-0.3, -0.25) is 14.0 Å². The molecule has 0 aliphatic carbocycles. The van der Waals surface area contributed by atoms with Crippen molar-refractivity contribution < 1.29 is 13.2 Å². The SMILES string of the molecule is O=c1ccc(C(F)(F)F)cn1Cc1cc(=O)n2cc(Br)ccc2n1. The van der Waals surface area contributed by atoms with E-state index in [0.717, 1.165) is 16.7 Å². The first-order chi connectivity index (χ1) is 11.2. The van der Waals surface area contributed by atoms with E-state index >= 15 is 0 Å². The lowest BCUT2D eigenvalue weighted by atomic mass is 10.2. The monoisotopic (exact) mass is 399 g/mol. The number of halogens is 4. The molecule has 3 aromatic heterocycles. The minimum absolute atomic E-state index is 0.198. The second kappa shape index (κ2) is 5.90. The lowest BCUT2D eigenvalue weighted by molar-refractivity contribution is -0.138. The highest BCUT2D eigenvalue weighted by Crippen LogP contribution is 2.28. The molecule has 0 aliphatic heterocycles. The Hall–Kier alpha value is -2.42. The zero-order chi connectivity index (χ0) is 17.5. The van der Waals surface area contributed by atoms with Gasteiger partial charge in [0.2, 0.25) is 0 Å². The molecule has 0 aliphatic rings. The van der Waals surface area contributed by atoms with E-state index < -0.39 is 22.9 Å². The normalized spacial score (nSPS) is 11.8. The number of pyridine rings is 2. The van der Waals surface area contributed by atoms with Crippen LogP contribution in [0.15, 0.2) is 56.8 Å². The van der Waals surface area contributed by atoms with Crippen molar-refractivity contribution in [1.82, 2.24) is 14.0 Å². The van der Waals surface area contributed by atoms with Crippen LogP contribution in [0.4, 0.5) is 13.2 Å².